The van der Waals surface area contributed by atoms with Crippen LogP contribution in [0.5, 0.6) is 0 Å². The molecule has 0 spiro atoms. The van der Waals surface area contributed by atoms with Gasteiger partial charge >= 0.3 is 0 Å². The second-order valence-corrected chi connectivity index (χ2v) is 9.78. The molecule has 1 aromatic carbocycles. The van der Waals surface area contributed by atoms with Gasteiger partial charge in [-0.1, -0.05) is 35.1 Å². The van der Waals surface area contributed by atoms with Crippen molar-refractivity contribution in [1.29, 1.82) is 0 Å². The van der Waals surface area contributed by atoms with Crippen LogP contribution >= 0.6 is 23.1 Å². The van der Waals surface area contributed by atoms with Crippen molar-refractivity contribution in [2.45, 2.75) is 50.2 Å². The van der Waals surface area contributed by atoms with E-state index in [1.807, 2.05) is 0 Å². The molecule has 1 aliphatic rings. The van der Waals surface area contributed by atoms with Crippen LogP contribution < -0.4 is 0 Å². The fraction of sp³-hybridized carbons (Fsp3) is 0.364. The van der Waals surface area contributed by atoms with Gasteiger partial charge in [-0.3, -0.25) is 0 Å². The molecule has 9 heteroatoms. The van der Waals surface area contributed by atoms with Gasteiger partial charge in [0, 0.05) is 35.1 Å². The van der Waals surface area contributed by atoms with Crippen molar-refractivity contribution >= 4 is 23.1 Å². The van der Waals surface area contributed by atoms with Crippen molar-refractivity contribution in [2.24, 2.45) is 0 Å². The average molecular weight is 456 g/mol. The molecule has 0 atom stereocenters. The summed E-state index contributed by atoms with van der Waals surface area (Å²) in [4.78, 5) is 5.72. The molecular formula is C22H22FN5OS2. The lowest BCUT2D eigenvalue weighted by atomic mass is 10.1. The van der Waals surface area contributed by atoms with Crippen LogP contribution in [0.3, 0.4) is 0 Å². The summed E-state index contributed by atoms with van der Waals surface area (Å²) in [5, 5.41) is 16.0. The Hall–Kier alpha value is -2.52. The Bertz CT molecular complexity index is 1170. The lowest BCUT2D eigenvalue weighted by molar-refractivity contribution is 0.378. The third kappa shape index (κ3) is 4.72. The number of hydrogen-bond donors (Lipinski definition) is 0. The molecule has 160 valence electrons. The summed E-state index contributed by atoms with van der Waals surface area (Å²) in [6.45, 7) is 1.73. The van der Waals surface area contributed by atoms with E-state index in [1.54, 1.807) is 42.2 Å². The minimum absolute atomic E-state index is 0.265. The van der Waals surface area contributed by atoms with Crippen molar-refractivity contribution in [2.75, 3.05) is 5.75 Å². The molecule has 0 aliphatic heterocycles. The van der Waals surface area contributed by atoms with Gasteiger partial charge in [-0.05, 0) is 49.3 Å². The lowest BCUT2D eigenvalue weighted by Crippen LogP contribution is -2.03. The van der Waals surface area contributed by atoms with E-state index in [0.717, 1.165) is 29.6 Å². The van der Waals surface area contributed by atoms with E-state index in [-0.39, 0.29) is 5.82 Å². The Kier molecular flexibility index (Phi) is 5.87. The van der Waals surface area contributed by atoms with Gasteiger partial charge in [0.05, 0.1) is 0 Å². The van der Waals surface area contributed by atoms with Crippen LogP contribution in [0.2, 0.25) is 0 Å². The zero-order valence-electron chi connectivity index (χ0n) is 17.1. The molecule has 31 heavy (non-hydrogen) atoms. The standard InChI is InChI=1S/C22H22FN5OS2/c1-14-6-7-15(12-18(14)23)21-24-20(29-27-21)5-3-11-31-22-26-25-19(28(22)16-8-9-16)13-17-4-2-10-30-17/h2,4,6-7,10,12,16H,3,5,8-9,11,13H2,1H3. The van der Waals surface area contributed by atoms with Crippen molar-refractivity contribution < 1.29 is 8.91 Å². The second kappa shape index (κ2) is 8.92. The smallest absolute Gasteiger partial charge is 0.226 e. The maximum absolute atomic E-state index is 13.8. The third-order valence-corrected chi connectivity index (χ3v) is 7.13. The first-order valence-electron chi connectivity index (χ1n) is 10.4. The number of aryl methyl sites for hydroxylation is 2. The monoisotopic (exact) mass is 455 g/mol. The van der Waals surface area contributed by atoms with Crippen LogP contribution in [0.4, 0.5) is 4.39 Å². The number of benzene rings is 1. The number of thiophene rings is 1. The van der Waals surface area contributed by atoms with Gasteiger partial charge in [-0.15, -0.1) is 21.5 Å². The van der Waals surface area contributed by atoms with Gasteiger partial charge in [0.25, 0.3) is 0 Å². The molecule has 0 unspecified atom stereocenters. The van der Waals surface area contributed by atoms with E-state index in [9.17, 15) is 4.39 Å². The van der Waals surface area contributed by atoms with Gasteiger partial charge < -0.3 is 9.09 Å². The molecule has 4 aromatic rings. The molecule has 3 aromatic heterocycles. The molecule has 1 saturated carbocycles. The summed E-state index contributed by atoms with van der Waals surface area (Å²) in [5.74, 6) is 2.67. The third-order valence-electron chi connectivity index (χ3n) is 5.22. The fourth-order valence-corrected chi connectivity index (χ4v) is 5.05. The molecule has 5 rings (SSSR count). The molecular weight excluding hydrogens is 433 g/mol. The fourth-order valence-electron chi connectivity index (χ4n) is 3.39. The van der Waals surface area contributed by atoms with Crippen LogP contribution in [0.25, 0.3) is 11.4 Å². The first kappa shape index (κ1) is 20.4. The molecule has 0 amide bonds. The van der Waals surface area contributed by atoms with Gasteiger partial charge in [-0.2, -0.15) is 4.98 Å². The second-order valence-electron chi connectivity index (χ2n) is 7.68. The number of halogens is 1. The van der Waals surface area contributed by atoms with Crippen LogP contribution in [-0.2, 0) is 12.8 Å². The van der Waals surface area contributed by atoms with Crippen molar-refractivity contribution in [3.63, 3.8) is 0 Å². The quantitative estimate of drug-likeness (QED) is 0.246. The van der Waals surface area contributed by atoms with E-state index >= 15 is 0 Å². The first-order chi connectivity index (χ1) is 15.2. The highest BCUT2D eigenvalue weighted by Crippen LogP contribution is 2.39. The largest absolute Gasteiger partial charge is 0.339 e. The molecule has 0 radical (unpaired) electrons. The number of hydrogen-bond acceptors (Lipinski definition) is 7. The SMILES string of the molecule is Cc1ccc(-c2noc(CCCSc3nnc(Cc4cccs4)n3C3CC3)n2)cc1F. The molecule has 0 bridgehead atoms. The number of thioether (sulfide) groups is 1. The normalized spacial score (nSPS) is 13.7. The Morgan fingerprint density at radius 1 is 1.26 bits per heavy atom. The van der Waals surface area contributed by atoms with Crippen LogP contribution in [0, 0.1) is 12.7 Å². The average Bonchev–Trinajstić information content (AvgIpc) is 3.16. The summed E-state index contributed by atoms with van der Waals surface area (Å²) in [6, 6.07) is 9.74. The van der Waals surface area contributed by atoms with E-state index in [2.05, 4.69) is 42.4 Å². The van der Waals surface area contributed by atoms with Crippen LogP contribution in [0.15, 0.2) is 45.4 Å². The minimum atomic E-state index is -0.265. The maximum Gasteiger partial charge on any atom is 0.226 e. The molecule has 6 nitrogen and oxygen atoms in total. The Morgan fingerprint density at radius 3 is 2.94 bits per heavy atom. The van der Waals surface area contributed by atoms with Gasteiger partial charge in [-0.25, -0.2) is 4.39 Å². The number of nitrogens with zero attached hydrogens (tertiary/aromatic N) is 5. The molecule has 0 saturated heterocycles. The molecule has 3 heterocycles. The van der Waals surface area contributed by atoms with Gasteiger partial charge in [0.15, 0.2) is 5.16 Å². The number of rotatable bonds is 9. The van der Waals surface area contributed by atoms with Crippen molar-refractivity contribution in [3.05, 3.63) is 63.7 Å². The Morgan fingerprint density at radius 2 is 2.16 bits per heavy atom. The van der Waals surface area contributed by atoms with Crippen LogP contribution in [0.1, 0.15) is 47.5 Å². The van der Waals surface area contributed by atoms with Crippen molar-refractivity contribution in [3.8, 4) is 11.4 Å². The van der Waals surface area contributed by atoms with E-state index in [1.165, 1.54) is 23.8 Å². The lowest BCUT2D eigenvalue weighted by Gasteiger charge is -2.07. The van der Waals surface area contributed by atoms with E-state index in [4.69, 9.17) is 4.52 Å². The van der Waals surface area contributed by atoms with E-state index < -0.39 is 0 Å². The van der Waals surface area contributed by atoms with Crippen LogP contribution in [-0.4, -0.2) is 30.7 Å². The predicted octanol–water partition coefficient (Wildman–Crippen LogP) is 5.49. The highest BCUT2D eigenvalue weighted by molar-refractivity contribution is 7.99. The predicted molar refractivity (Wildman–Crippen MR) is 119 cm³/mol. The van der Waals surface area contributed by atoms with Crippen molar-refractivity contribution in [1.82, 2.24) is 24.9 Å². The highest BCUT2D eigenvalue weighted by atomic mass is 32.2. The van der Waals surface area contributed by atoms with E-state index in [0.29, 0.717) is 35.3 Å². The minimum Gasteiger partial charge on any atom is -0.339 e. The van der Waals surface area contributed by atoms with Gasteiger partial charge in [0.2, 0.25) is 11.7 Å². The van der Waals surface area contributed by atoms with Gasteiger partial charge in [0.1, 0.15) is 11.6 Å². The zero-order valence-corrected chi connectivity index (χ0v) is 18.8. The zero-order chi connectivity index (χ0) is 21.2. The summed E-state index contributed by atoms with van der Waals surface area (Å²) in [7, 11) is 0. The summed E-state index contributed by atoms with van der Waals surface area (Å²) in [5.41, 5.74) is 1.23. The summed E-state index contributed by atoms with van der Waals surface area (Å²) in [6.07, 6.45) is 4.80. The molecule has 0 N–H and O–H groups in total. The molecule has 1 aliphatic carbocycles. The Balaban J connectivity index is 1.17. The summed E-state index contributed by atoms with van der Waals surface area (Å²) < 4.78 is 21.5. The number of aromatic nitrogens is 5. The highest BCUT2D eigenvalue weighted by Gasteiger charge is 2.29. The maximum atomic E-state index is 13.8. The summed E-state index contributed by atoms with van der Waals surface area (Å²) >= 11 is 3.48. The Labute approximate surface area is 187 Å². The topological polar surface area (TPSA) is 69.6 Å². The molecule has 1 fully saturated rings. The first-order valence-corrected chi connectivity index (χ1v) is 12.2.